The average Bonchev–Trinajstić information content (AvgIpc) is 3.22. The number of hydrogen-bond donors (Lipinski definition) is 0. The van der Waals surface area contributed by atoms with E-state index in [-0.39, 0.29) is 11.9 Å². The summed E-state index contributed by atoms with van der Waals surface area (Å²) in [6.07, 6.45) is 5.56. The number of fused-ring (bicyclic) bond motifs is 1. The van der Waals surface area contributed by atoms with Gasteiger partial charge in [-0.15, -0.1) is 0 Å². The molecule has 124 valence electrons. The van der Waals surface area contributed by atoms with Crippen molar-refractivity contribution in [3.8, 4) is 0 Å². The molecule has 0 spiro atoms. The Morgan fingerprint density at radius 3 is 2.52 bits per heavy atom. The molecule has 1 aromatic carbocycles. The third-order valence-electron chi connectivity index (χ3n) is 6.45. The van der Waals surface area contributed by atoms with Gasteiger partial charge in [-0.2, -0.15) is 0 Å². The molecule has 0 bridgehead atoms. The topological polar surface area (TPSA) is 23.6 Å². The number of aryl methyl sites for hydroxylation is 1. The Hall–Kier alpha value is -1.35. The molecule has 1 aliphatic carbocycles. The van der Waals surface area contributed by atoms with Crippen LogP contribution in [0, 0.1) is 18.8 Å². The number of nitrogens with zero attached hydrogens (tertiary/aromatic N) is 2. The molecule has 3 atom stereocenters. The van der Waals surface area contributed by atoms with E-state index in [1.807, 2.05) is 0 Å². The predicted molar refractivity (Wildman–Crippen MR) is 92.1 cm³/mol. The molecule has 4 rings (SSSR count). The van der Waals surface area contributed by atoms with Crippen molar-refractivity contribution in [1.29, 1.82) is 0 Å². The van der Waals surface area contributed by atoms with Crippen LogP contribution in [0.5, 0.6) is 0 Å². The minimum atomic E-state index is 0.236. The highest BCUT2D eigenvalue weighted by molar-refractivity contribution is 5.74. The standard InChI is InChI=1S/C20H28N2O/c1-14-7-3-6-10-18(14)20-19-13-21(17-8-4-5-9-17)11-16(19)12-22(20)15(2)23/h3,6-7,10,16-17,19-20H,4-5,8-9,11-13H2,1-2H3/t16-,19-,20+/m1/s1. The number of amides is 1. The number of carbonyl (C=O) groups excluding carboxylic acids is 1. The number of benzene rings is 1. The molecule has 2 aliphatic heterocycles. The van der Waals surface area contributed by atoms with E-state index in [2.05, 4.69) is 41.0 Å². The Bertz CT molecular complexity index is 593. The number of rotatable bonds is 2. The van der Waals surface area contributed by atoms with Crippen molar-refractivity contribution in [2.45, 2.75) is 51.6 Å². The molecule has 1 saturated carbocycles. The van der Waals surface area contributed by atoms with Crippen LogP contribution in [0.1, 0.15) is 49.8 Å². The van der Waals surface area contributed by atoms with Gasteiger partial charge in [0.05, 0.1) is 6.04 Å². The van der Waals surface area contributed by atoms with Gasteiger partial charge in [0.2, 0.25) is 5.91 Å². The molecule has 0 aromatic heterocycles. The van der Waals surface area contributed by atoms with E-state index < -0.39 is 0 Å². The SMILES string of the molecule is CC(=O)N1C[C@H]2CN(C3CCCC3)C[C@H]2[C@@H]1c1ccccc1C. The molecular formula is C20H28N2O. The molecule has 3 aliphatic rings. The van der Waals surface area contributed by atoms with Gasteiger partial charge in [0.1, 0.15) is 0 Å². The molecule has 2 saturated heterocycles. The van der Waals surface area contributed by atoms with Crippen molar-refractivity contribution < 1.29 is 4.79 Å². The lowest BCUT2D eigenvalue weighted by Gasteiger charge is -2.31. The van der Waals surface area contributed by atoms with Crippen molar-refractivity contribution in [2.24, 2.45) is 11.8 Å². The fraction of sp³-hybridized carbons (Fsp3) is 0.650. The zero-order chi connectivity index (χ0) is 16.0. The summed E-state index contributed by atoms with van der Waals surface area (Å²) in [5.41, 5.74) is 2.69. The van der Waals surface area contributed by atoms with Gasteiger partial charge in [-0.25, -0.2) is 0 Å². The summed E-state index contributed by atoms with van der Waals surface area (Å²) >= 11 is 0. The monoisotopic (exact) mass is 312 g/mol. The van der Waals surface area contributed by atoms with Crippen LogP contribution in [0.25, 0.3) is 0 Å². The summed E-state index contributed by atoms with van der Waals surface area (Å²) in [7, 11) is 0. The number of likely N-dealkylation sites (tertiary alicyclic amines) is 2. The summed E-state index contributed by atoms with van der Waals surface area (Å²) in [5.74, 6) is 1.50. The summed E-state index contributed by atoms with van der Waals surface area (Å²) in [5, 5.41) is 0. The molecule has 2 heterocycles. The van der Waals surface area contributed by atoms with Gasteiger partial charge >= 0.3 is 0 Å². The molecule has 1 aromatic rings. The van der Waals surface area contributed by atoms with Crippen LogP contribution >= 0.6 is 0 Å². The largest absolute Gasteiger partial charge is 0.335 e. The molecule has 1 amide bonds. The molecule has 3 fully saturated rings. The normalized spacial score (nSPS) is 31.7. The predicted octanol–water partition coefficient (Wildman–Crippen LogP) is 3.39. The highest BCUT2D eigenvalue weighted by Gasteiger charge is 2.49. The minimum Gasteiger partial charge on any atom is -0.335 e. The fourth-order valence-electron chi connectivity index (χ4n) is 5.29. The second-order valence-electron chi connectivity index (χ2n) is 7.79. The fourth-order valence-corrected chi connectivity index (χ4v) is 5.29. The lowest BCUT2D eigenvalue weighted by Crippen LogP contribution is -2.37. The lowest BCUT2D eigenvalue weighted by atomic mass is 9.87. The number of carbonyl (C=O) groups is 1. The van der Waals surface area contributed by atoms with Crippen molar-refractivity contribution in [2.75, 3.05) is 19.6 Å². The summed E-state index contributed by atoms with van der Waals surface area (Å²) in [6.45, 7) is 7.24. The lowest BCUT2D eigenvalue weighted by molar-refractivity contribution is -0.130. The molecule has 3 heteroatoms. The summed E-state index contributed by atoms with van der Waals surface area (Å²) < 4.78 is 0. The first kappa shape index (κ1) is 15.2. The van der Waals surface area contributed by atoms with Crippen molar-refractivity contribution in [1.82, 2.24) is 9.80 Å². The maximum atomic E-state index is 12.2. The smallest absolute Gasteiger partial charge is 0.219 e. The van der Waals surface area contributed by atoms with E-state index >= 15 is 0 Å². The van der Waals surface area contributed by atoms with Crippen LogP contribution in [-0.4, -0.2) is 41.4 Å². The molecular weight excluding hydrogens is 284 g/mol. The van der Waals surface area contributed by atoms with Gasteiger partial charge in [-0.1, -0.05) is 37.1 Å². The molecule has 0 N–H and O–H groups in total. The van der Waals surface area contributed by atoms with Crippen molar-refractivity contribution >= 4 is 5.91 Å². The first-order valence-electron chi connectivity index (χ1n) is 9.22. The van der Waals surface area contributed by atoms with Crippen molar-refractivity contribution in [3.05, 3.63) is 35.4 Å². The zero-order valence-electron chi connectivity index (χ0n) is 14.4. The van der Waals surface area contributed by atoms with E-state index in [4.69, 9.17) is 0 Å². The Kier molecular flexibility index (Phi) is 3.92. The first-order valence-corrected chi connectivity index (χ1v) is 9.22. The maximum absolute atomic E-state index is 12.2. The average molecular weight is 312 g/mol. The van der Waals surface area contributed by atoms with Gasteiger partial charge in [-0.05, 0) is 36.8 Å². The number of hydrogen-bond acceptors (Lipinski definition) is 2. The van der Waals surface area contributed by atoms with E-state index in [1.54, 1.807) is 6.92 Å². The van der Waals surface area contributed by atoms with E-state index in [0.29, 0.717) is 11.8 Å². The quantitative estimate of drug-likeness (QED) is 0.836. The van der Waals surface area contributed by atoms with Gasteiger partial charge in [0.25, 0.3) is 0 Å². The first-order chi connectivity index (χ1) is 11.1. The highest BCUT2D eigenvalue weighted by Crippen LogP contribution is 2.47. The van der Waals surface area contributed by atoms with Crippen LogP contribution in [0.2, 0.25) is 0 Å². The van der Waals surface area contributed by atoms with Gasteiger partial charge in [-0.3, -0.25) is 9.69 Å². The van der Waals surface area contributed by atoms with Crippen LogP contribution in [0.4, 0.5) is 0 Å². The molecule has 0 unspecified atom stereocenters. The van der Waals surface area contributed by atoms with Crippen molar-refractivity contribution in [3.63, 3.8) is 0 Å². The molecule has 0 radical (unpaired) electrons. The summed E-state index contributed by atoms with van der Waals surface area (Å²) in [6, 6.07) is 9.73. The van der Waals surface area contributed by atoms with Gasteiger partial charge in [0.15, 0.2) is 0 Å². The van der Waals surface area contributed by atoms with E-state index in [9.17, 15) is 4.79 Å². The highest BCUT2D eigenvalue weighted by atomic mass is 16.2. The minimum absolute atomic E-state index is 0.236. The van der Waals surface area contributed by atoms with E-state index in [1.165, 1.54) is 49.9 Å². The van der Waals surface area contributed by atoms with Crippen LogP contribution < -0.4 is 0 Å². The third-order valence-corrected chi connectivity index (χ3v) is 6.45. The molecule has 23 heavy (non-hydrogen) atoms. The third kappa shape index (κ3) is 2.59. The molecule has 3 nitrogen and oxygen atoms in total. The summed E-state index contributed by atoms with van der Waals surface area (Å²) in [4.78, 5) is 17.1. The Labute approximate surface area is 139 Å². The second kappa shape index (κ2) is 5.94. The van der Waals surface area contributed by atoms with Crippen LogP contribution in [0.3, 0.4) is 0 Å². The van der Waals surface area contributed by atoms with Gasteiger partial charge in [0, 0.05) is 38.5 Å². The maximum Gasteiger partial charge on any atom is 0.219 e. The Morgan fingerprint density at radius 1 is 1.09 bits per heavy atom. The van der Waals surface area contributed by atoms with Crippen LogP contribution in [0.15, 0.2) is 24.3 Å². The Morgan fingerprint density at radius 2 is 1.83 bits per heavy atom. The van der Waals surface area contributed by atoms with E-state index in [0.717, 1.165) is 12.6 Å². The zero-order valence-corrected chi connectivity index (χ0v) is 14.4. The second-order valence-corrected chi connectivity index (χ2v) is 7.79. The Balaban J connectivity index is 1.62. The van der Waals surface area contributed by atoms with Crippen LogP contribution in [-0.2, 0) is 4.79 Å². The van der Waals surface area contributed by atoms with Gasteiger partial charge < -0.3 is 4.90 Å².